The lowest BCUT2D eigenvalue weighted by Gasteiger charge is -2.15. The molecule has 104 valence electrons. The average molecular weight is 276 g/mol. The molecule has 0 aliphatic rings. The summed E-state index contributed by atoms with van der Waals surface area (Å²) < 4.78 is 1.37. The number of carboxylic acids is 1. The number of aliphatic carboxylic acids is 1. The molecule has 2 N–H and O–H groups in total. The molecule has 0 bridgehead atoms. The van der Waals surface area contributed by atoms with Crippen molar-refractivity contribution < 1.29 is 14.8 Å². The van der Waals surface area contributed by atoms with Gasteiger partial charge in [0, 0.05) is 7.05 Å². The first kappa shape index (κ1) is 13.5. The third-order valence-corrected chi connectivity index (χ3v) is 2.75. The lowest BCUT2D eigenvalue weighted by atomic mass is 10.1. The predicted octanol–water partition coefficient (Wildman–Crippen LogP) is 1.57. The van der Waals surface area contributed by atoms with Crippen molar-refractivity contribution >= 4 is 17.6 Å². The number of anilines is 1. The average Bonchev–Trinajstić information content (AvgIpc) is 2.78. The maximum Gasteiger partial charge on any atom is 0.406 e. The molecule has 8 nitrogen and oxygen atoms in total. The summed E-state index contributed by atoms with van der Waals surface area (Å²) in [4.78, 5) is 25.2. The minimum absolute atomic E-state index is 0.0475. The van der Waals surface area contributed by atoms with Gasteiger partial charge in [-0.2, -0.15) is 0 Å². The van der Waals surface area contributed by atoms with Gasteiger partial charge in [0.2, 0.25) is 12.1 Å². The van der Waals surface area contributed by atoms with E-state index in [4.69, 9.17) is 0 Å². The zero-order valence-electron chi connectivity index (χ0n) is 10.6. The molecule has 8 heteroatoms. The summed E-state index contributed by atoms with van der Waals surface area (Å²) in [6.45, 7) is 0. The highest BCUT2D eigenvalue weighted by Crippen LogP contribution is 2.26. The second-order valence-electron chi connectivity index (χ2n) is 4.11. The molecule has 0 saturated heterocycles. The molecule has 1 heterocycles. The molecule has 0 radical (unpaired) electrons. The Morgan fingerprint density at radius 1 is 1.45 bits per heavy atom. The zero-order chi connectivity index (χ0) is 14.7. The van der Waals surface area contributed by atoms with Crippen molar-refractivity contribution in [2.75, 3.05) is 5.32 Å². The van der Waals surface area contributed by atoms with Crippen LogP contribution >= 0.6 is 0 Å². The number of carbonyl (C=O) groups is 1. The first-order valence-electron chi connectivity index (χ1n) is 5.70. The molecule has 0 aliphatic carbocycles. The fourth-order valence-corrected chi connectivity index (χ4v) is 1.79. The van der Waals surface area contributed by atoms with Gasteiger partial charge in [0.05, 0.1) is 0 Å². The Labute approximate surface area is 113 Å². The lowest BCUT2D eigenvalue weighted by Crippen LogP contribution is -2.22. The smallest absolute Gasteiger partial charge is 0.406 e. The summed E-state index contributed by atoms with van der Waals surface area (Å²) in [5.74, 6) is -1.49. The van der Waals surface area contributed by atoms with Crippen molar-refractivity contribution in [3.63, 3.8) is 0 Å². The standard InChI is InChI=1S/C12H12N4O4/c1-15-7-13-10(16(19)20)11(15)14-9(12(17)18)8-5-3-2-4-6-8/h2-7,9,14H,1H3,(H,17,18). The minimum atomic E-state index is -1.13. The number of aromatic nitrogens is 2. The number of hydrogen-bond acceptors (Lipinski definition) is 5. The molecule has 0 saturated carbocycles. The monoisotopic (exact) mass is 276 g/mol. The summed E-state index contributed by atoms with van der Waals surface area (Å²) in [5.41, 5.74) is 0.496. The highest BCUT2D eigenvalue weighted by Gasteiger charge is 2.27. The van der Waals surface area contributed by atoms with Gasteiger partial charge in [-0.15, -0.1) is 0 Å². The van der Waals surface area contributed by atoms with E-state index in [0.717, 1.165) is 0 Å². The van der Waals surface area contributed by atoms with Gasteiger partial charge in [0.1, 0.15) is 0 Å². The van der Waals surface area contributed by atoms with Crippen LogP contribution in [0.1, 0.15) is 11.6 Å². The van der Waals surface area contributed by atoms with E-state index >= 15 is 0 Å². The predicted molar refractivity (Wildman–Crippen MR) is 70.3 cm³/mol. The van der Waals surface area contributed by atoms with Crippen LogP contribution in [0.5, 0.6) is 0 Å². The number of nitro groups is 1. The Morgan fingerprint density at radius 2 is 2.10 bits per heavy atom. The van der Waals surface area contributed by atoms with Crippen LogP contribution in [-0.2, 0) is 11.8 Å². The van der Waals surface area contributed by atoms with E-state index in [1.807, 2.05) is 0 Å². The third kappa shape index (κ3) is 2.58. The van der Waals surface area contributed by atoms with Gasteiger partial charge >= 0.3 is 11.8 Å². The van der Waals surface area contributed by atoms with Crippen molar-refractivity contribution in [3.05, 3.63) is 52.3 Å². The van der Waals surface area contributed by atoms with Gasteiger partial charge in [-0.25, -0.2) is 4.79 Å². The van der Waals surface area contributed by atoms with E-state index in [9.17, 15) is 20.0 Å². The number of nitrogens with one attached hydrogen (secondary N) is 1. The Hall–Kier alpha value is -2.90. The van der Waals surface area contributed by atoms with Crippen molar-refractivity contribution in [1.29, 1.82) is 0 Å². The quantitative estimate of drug-likeness (QED) is 0.633. The zero-order valence-corrected chi connectivity index (χ0v) is 10.6. The number of benzene rings is 1. The summed E-state index contributed by atoms with van der Waals surface area (Å²) in [6.07, 6.45) is 1.25. The van der Waals surface area contributed by atoms with Gasteiger partial charge in [-0.05, 0) is 15.5 Å². The Morgan fingerprint density at radius 3 is 2.65 bits per heavy atom. The summed E-state index contributed by atoms with van der Waals surface area (Å²) >= 11 is 0. The molecule has 20 heavy (non-hydrogen) atoms. The second kappa shape index (κ2) is 5.39. The molecule has 0 spiro atoms. The Bertz CT molecular complexity index is 638. The van der Waals surface area contributed by atoms with Crippen molar-refractivity contribution in [2.45, 2.75) is 6.04 Å². The summed E-state index contributed by atoms with van der Waals surface area (Å²) in [5, 5.41) is 22.8. The minimum Gasteiger partial charge on any atom is -0.479 e. The maximum atomic E-state index is 11.4. The summed E-state index contributed by atoms with van der Waals surface area (Å²) in [7, 11) is 1.55. The maximum absolute atomic E-state index is 11.4. The van der Waals surface area contributed by atoms with Gasteiger partial charge in [-0.1, -0.05) is 30.3 Å². The molecular weight excluding hydrogens is 264 g/mol. The van der Waals surface area contributed by atoms with Crippen LogP contribution in [0.2, 0.25) is 0 Å². The Kier molecular flexibility index (Phi) is 3.65. The van der Waals surface area contributed by atoms with Crippen molar-refractivity contribution in [3.8, 4) is 0 Å². The fraction of sp³-hybridized carbons (Fsp3) is 0.167. The molecule has 1 atom stereocenters. The number of carboxylic acid groups (broad SMARTS) is 1. The third-order valence-electron chi connectivity index (χ3n) is 2.75. The van der Waals surface area contributed by atoms with Crippen LogP contribution in [0.15, 0.2) is 36.7 Å². The van der Waals surface area contributed by atoms with E-state index in [1.54, 1.807) is 37.4 Å². The number of hydrogen-bond donors (Lipinski definition) is 2. The van der Waals surface area contributed by atoms with Gasteiger partial charge in [0.25, 0.3) is 0 Å². The van der Waals surface area contributed by atoms with Crippen molar-refractivity contribution in [1.82, 2.24) is 9.55 Å². The van der Waals surface area contributed by atoms with Gasteiger partial charge in [-0.3, -0.25) is 4.57 Å². The molecule has 2 aromatic rings. The topological polar surface area (TPSA) is 110 Å². The molecule has 0 aliphatic heterocycles. The van der Waals surface area contributed by atoms with Crippen LogP contribution in [0.25, 0.3) is 0 Å². The molecule has 1 aromatic carbocycles. The molecule has 0 fully saturated rings. The van der Waals surface area contributed by atoms with Crippen LogP contribution in [0.3, 0.4) is 0 Å². The van der Waals surface area contributed by atoms with E-state index in [1.165, 1.54) is 10.9 Å². The van der Waals surface area contributed by atoms with Gasteiger partial charge in [0.15, 0.2) is 6.04 Å². The molecular formula is C12H12N4O4. The largest absolute Gasteiger partial charge is 0.479 e. The van der Waals surface area contributed by atoms with Crippen LogP contribution in [0.4, 0.5) is 11.6 Å². The van der Waals surface area contributed by atoms with Crippen LogP contribution in [0, 0.1) is 10.1 Å². The number of rotatable bonds is 5. The number of imidazole rings is 1. The first-order chi connectivity index (χ1) is 9.50. The normalized spacial score (nSPS) is 11.8. The van der Waals surface area contributed by atoms with E-state index in [2.05, 4.69) is 10.3 Å². The lowest BCUT2D eigenvalue weighted by molar-refractivity contribution is -0.388. The summed E-state index contributed by atoms with van der Waals surface area (Å²) in [6, 6.07) is 7.33. The highest BCUT2D eigenvalue weighted by molar-refractivity contribution is 5.79. The van der Waals surface area contributed by atoms with Gasteiger partial charge < -0.3 is 20.5 Å². The Balaban J connectivity index is 2.37. The van der Waals surface area contributed by atoms with Crippen LogP contribution in [-0.4, -0.2) is 25.6 Å². The molecule has 2 rings (SSSR count). The van der Waals surface area contributed by atoms with E-state index in [0.29, 0.717) is 5.56 Å². The molecule has 0 amide bonds. The number of nitrogens with zero attached hydrogens (tertiary/aromatic N) is 3. The molecule has 1 unspecified atom stereocenters. The fourth-order valence-electron chi connectivity index (χ4n) is 1.79. The number of aryl methyl sites for hydroxylation is 1. The molecule has 1 aromatic heterocycles. The first-order valence-corrected chi connectivity index (χ1v) is 5.70. The SMILES string of the molecule is Cn1cnc([N+](=O)[O-])c1NC(C(=O)O)c1ccccc1. The van der Waals surface area contributed by atoms with E-state index in [-0.39, 0.29) is 5.82 Å². The van der Waals surface area contributed by atoms with E-state index < -0.39 is 22.8 Å². The highest BCUT2D eigenvalue weighted by atomic mass is 16.6. The van der Waals surface area contributed by atoms with Crippen LogP contribution < -0.4 is 5.32 Å². The van der Waals surface area contributed by atoms with Crippen molar-refractivity contribution in [2.24, 2.45) is 7.05 Å². The second-order valence-corrected chi connectivity index (χ2v) is 4.11.